The molecule has 4 fully saturated rings. The minimum atomic E-state index is -0.427. The number of carbonyl (C=O) groups is 1. The zero-order valence-electron chi connectivity index (χ0n) is 14.3. The van der Waals surface area contributed by atoms with Crippen LogP contribution in [-0.4, -0.2) is 41.9 Å². The topological polar surface area (TPSA) is 113 Å². The van der Waals surface area contributed by atoms with Gasteiger partial charge in [0.05, 0.1) is 5.54 Å². The molecule has 136 valence electrons. The van der Waals surface area contributed by atoms with E-state index in [1.807, 2.05) is 0 Å². The molecule has 4 aliphatic carbocycles. The van der Waals surface area contributed by atoms with E-state index in [0.29, 0.717) is 11.8 Å². The maximum atomic E-state index is 12.9. The largest absolute Gasteiger partial charge is 0.507 e. The van der Waals surface area contributed by atoms with Crippen molar-refractivity contribution in [1.82, 2.24) is 25.5 Å². The molecule has 0 spiro atoms. The van der Waals surface area contributed by atoms with E-state index in [-0.39, 0.29) is 28.1 Å². The third kappa shape index (κ3) is 2.21. The predicted octanol–water partition coefficient (Wildman–Crippen LogP) is 1.56. The Kier molecular flexibility index (Phi) is 3.11. The van der Waals surface area contributed by atoms with Crippen LogP contribution in [0.2, 0.25) is 0 Å². The zero-order chi connectivity index (χ0) is 17.9. The van der Waals surface area contributed by atoms with Gasteiger partial charge in [-0.1, -0.05) is 6.07 Å². The first-order valence-corrected chi connectivity index (χ1v) is 9.06. The van der Waals surface area contributed by atoms with E-state index in [2.05, 4.69) is 20.7 Å². The summed E-state index contributed by atoms with van der Waals surface area (Å²) in [5.74, 6) is 0.185. The number of amides is 1. The molecule has 4 bridgehead atoms. The molecule has 2 unspecified atom stereocenters. The van der Waals surface area contributed by atoms with E-state index in [9.17, 15) is 15.0 Å². The average Bonchev–Trinajstić information content (AvgIpc) is 3.08. The lowest BCUT2D eigenvalue weighted by Crippen LogP contribution is -2.66. The van der Waals surface area contributed by atoms with Crippen molar-refractivity contribution >= 4 is 5.91 Å². The van der Waals surface area contributed by atoms with Gasteiger partial charge in [0, 0.05) is 5.54 Å². The highest BCUT2D eigenvalue weighted by Gasteiger charge is 2.60. The van der Waals surface area contributed by atoms with E-state index in [0.717, 1.165) is 32.1 Å². The van der Waals surface area contributed by atoms with E-state index < -0.39 is 5.91 Å². The summed E-state index contributed by atoms with van der Waals surface area (Å²) in [5, 5.41) is 35.6. The number of nitrogens with one attached hydrogen (secondary N) is 1. The van der Waals surface area contributed by atoms with Crippen molar-refractivity contribution in [3.05, 3.63) is 30.1 Å². The number of carbonyl (C=O) groups excluding carboxylic acids is 1. The van der Waals surface area contributed by atoms with Crippen molar-refractivity contribution in [2.24, 2.45) is 11.8 Å². The van der Waals surface area contributed by atoms with Crippen LogP contribution in [0.3, 0.4) is 0 Å². The van der Waals surface area contributed by atoms with Gasteiger partial charge in [0.25, 0.3) is 5.91 Å². The van der Waals surface area contributed by atoms with Crippen molar-refractivity contribution in [1.29, 1.82) is 0 Å². The number of rotatable bonds is 3. The van der Waals surface area contributed by atoms with Crippen LogP contribution in [0.5, 0.6) is 11.5 Å². The number of tetrazole rings is 1. The smallest absolute Gasteiger partial charge is 0.259 e. The summed E-state index contributed by atoms with van der Waals surface area (Å²) < 4.78 is 0. The lowest BCUT2D eigenvalue weighted by Gasteiger charge is -2.61. The molecule has 2 aromatic rings. The number of phenolic OH excluding ortho intramolecular Hbond substituents is 2. The molecule has 0 saturated heterocycles. The molecule has 4 atom stereocenters. The van der Waals surface area contributed by atoms with Crippen LogP contribution in [0.4, 0.5) is 0 Å². The van der Waals surface area contributed by atoms with Gasteiger partial charge in [0.1, 0.15) is 17.1 Å². The Morgan fingerprint density at radius 1 is 1.15 bits per heavy atom. The summed E-state index contributed by atoms with van der Waals surface area (Å²) in [7, 11) is 0. The summed E-state index contributed by atoms with van der Waals surface area (Å²) in [6.45, 7) is 0. The van der Waals surface area contributed by atoms with E-state index in [1.165, 1.54) is 30.9 Å². The Labute approximate surface area is 150 Å². The highest BCUT2D eigenvalue weighted by Crippen LogP contribution is 2.60. The van der Waals surface area contributed by atoms with Crippen LogP contribution in [-0.2, 0) is 5.54 Å². The molecule has 4 saturated carbocycles. The first-order valence-electron chi connectivity index (χ1n) is 9.06. The van der Waals surface area contributed by atoms with Crippen LogP contribution < -0.4 is 5.32 Å². The third-order valence-corrected chi connectivity index (χ3v) is 6.43. The molecule has 1 amide bonds. The average molecular weight is 355 g/mol. The fourth-order valence-electron chi connectivity index (χ4n) is 6.04. The van der Waals surface area contributed by atoms with Crippen LogP contribution in [0.1, 0.15) is 48.9 Å². The normalized spacial score (nSPS) is 34.8. The van der Waals surface area contributed by atoms with Crippen LogP contribution in [0.15, 0.2) is 24.5 Å². The van der Waals surface area contributed by atoms with Gasteiger partial charge in [-0.2, -0.15) is 4.80 Å². The standard InChI is InChI=1S/C18H21N5O3/c24-13-2-1-3-14(25)15(13)16(26)21-17-5-11-4-12(6-17)8-18(7-11,9-17)23-20-10-19-22-23/h1-3,10-12,24-25H,4-9H2,(H,21,26)/t11-,12+,17?,18?. The van der Waals surface area contributed by atoms with Crippen molar-refractivity contribution in [3.8, 4) is 11.5 Å². The quantitative estimate of drug-likeness (QED) is 0.770. The Hall–Kier alpha value is -2.64. The summed E-state index contributed by atoms with van der Waals surface area (Å²) >= 11 is 0. The van der Waals surface area contributed by atoms with Gasteiger partial charge in [0.15, 0.2) is 6.33 Å². The summed E-state index contributed by atoms with van der Waals surface area (Å²) in [5.41, 5.74) is -0.616. The van der Waals surface area contributed by atoms with E-state index in [4.69, 9.17) is 0 Å². The predicted molar refractivity (Wildman–Crippen MR) is 90.4 cm³/mol. The number of aromatic nitrogens is 4. The zero-order valence-corrected chi connectivity index (χ0v) is 14.3. The molecule has 1 heterocycles. The van der Waals surface area contributed by atoms with Crippen LogP contribution in [0, 0.1) is 11.8 Å². The Morgan fingerprint density at radius 3 is 2.46 bits per heavy atom. The maximum Gasteiger partial charge on any atom is 0.259 e. The fourth-order valence-corrected chi connectivity index (χ4v) is 6.04. The van der Waals surface area contributed by atoms with Crippen molar-refractivity contribution in [2.75, 3.05) is 0 Å². The minimum Gasteiger partial charge on any atom is -0.507 e. The van der Waals surface area contributed by atoms with Crippen molar-refractivity contribution in [3.63, 3.8) is 0 Å². The molecule has 8 nitrogen and oxygen atoms in total. The molecule has 3 N–H and O–H groups in total. The third-order valence-electron chi connectivity index (χ3n) is 6.43. The molecule has 4 aliphatic rings. The van der Waals surface area contributed by atoms with Crippen LogP contribution >= 0.6 is 0 Å². The fraction of sp³-hybridized carbons (Fsp3) is 0.556. The highest BCUT2D eigenvalue weighted by atomic mass is 16.3. The monoisotopic (exact) mass is 355 g/mol. The first-order chi connectivity index (χ1) is 12.5. The molecule has 6 rings (SSSR count). The van der Waals surface area contributed by atoms with Crippen LogP contribution in [0.25, 0.3) is 0 Å². The first kappa shape index (κ1) is 15.6. The molecular weight excluding hydrogens is 334 g/mol. The van der Waals surface area contributed by atoms with Gasteiger partial charge < -0.3 is 15.5 Å². The second kappa shape index (κ2) is 5.18. The molecular formula is C18H21N5O3. The van der Waals surface area contributed by atoms with Gasteiger partial charge in [-0.15, -0.1) is 10.2 Å². The molecule has 1 aromatic heterocycles. The van der Waals surface area contributed by atoms with Crippen molar-refractivity contribution < 1.29 is 15.0 Å². The second-order valence-corrected chi connectivity index (χ2v) is 8.32. The van der Waals surface area contributed by atoms with Crippen molar-refractivity contribution in [2.45, 2.75) is 49.6 Å². The lowest BCUT2D eigenvalue weighted by molar-refractivity contribution is -0.0810. The summed E-state index contributed by atoms with van der Waals surface area (Å²) in [6, 6.07) is 4.34. The Balaban J connectivity index is 1.48. The number of nitrogens with zero attached hydrogens (tertiary/aromatic N) is 4. The maximum absolute atomic E-state index is 12.9. The Bertz CT molecular complexity index is 831. The van der Waals surface area contributed by atoms with Gasteiger partial charge in [0.2, 0.25) is 0 Å². The highest BCUT2D eigenvalue weighted by molar-refractivity contribution is 5.99. The number of hydrogen-bond donors (Lipinski definition) is 3. The van der Waals surface area contributed by atoms with Gasteiger partial charge in [-0.25, -0.2) is 0 Å². The summed E-state index contributed by atoms with van der Waals surface area (Å²) in [6.07, 6.45) is 7.25. The van der Waals surface area contributed by atoms with Gasteiger partial charge >= 0.3 is 0 Å². The molecule has 1 aromatic carbocycles. The van der Waals surface area contributed by atoms with Gasteiger partial charge in [-0.3, -0.25) is 4.79 Å². The lowest BCUT2D eigenvalue weighted by atomic mass is 9.50. The number of hydrogen-bond acceptors (Lipinski definition) is 6. The minimum absolute atomic E-state index is 0.0591. The SMILES string of the molecule is O=C(NC12C[C@H]3C[C@@H](C1)CC(n1ncnn1)(C3)C2)c1c(O)cccc1O. The number of aromatic hydroxyl groups is 2. The molecule has 0 radical (unpaired) electrons. The molecule has 0 aliphatic heterocycles. The Morgan fingerprint density at radius 2 is 1.85 bits per heavy atom. The summed E-state index contributed by atoms with van der Waals surface area (Å²) in [4.78, 5) is 14.6. The second-order valence-electron chi connectivity index (χ2n) is 8.32. The van der Waals surface area contributed by atoms with E-state index in [1.54, 1.807) is 4.80 Å². The van der Waals surface area contributed by atoms with Gasteiger partial charge in [-0.05, 0) is 67.7 Å². The van der Waals surface area contributed by atoms with E-state index >= 15 is 0 Å². The number of benzene rings is 1. The number of phenols is 2. The molecule has 26 heavy (non-hydrogen) atoms. The molecule has 8 heteroatoms.